The highest BCUT2D eigenvalue weighted by Gasteiger charge is 2.19. The number of thiophene rings is 2. The molecule has 0 aliphatic carbocycles. The Balaban J connectivity index is 1.18. The van der Waals surface area contributed by atoms with Crippen molar-refractivity contribution in [2.45, 2.75) is 0 Å². The van der Waals surface area contributed by atoms with Gasteiger partial charge < -0.3 is 18.6 Å². The zero-order chi connectivity index (χ0) is 32.4. The van der Waals surface area contributed by atoms with E-state index in [0.717, 1.165) is 64.4 Å². The summed E-state index contributed by atoms with van der Waals surface area (Å²) in [5.41, 5.74) is 7.21. The van der Waals surface area contributed by atoms with Crippen LogP contribution in [0.2, 0.25) is 0 Å². The Kier molecular flexibility index (Phi) is 6.97. The predicted octanol–water partition coefficient (Wildman–Crippen LogP) is 6.99. The third-order valence-electron chi connectivity index (χ3n) is 8.22. The first-order valence-electron chi connectivity index (χ1n) is 14.4. The van der Waals surface area contributed by atoms with E-state index in [4.69, 9.17) is 9.47 Å². The average Bonchev–Trinajstić information content (AvgIpc) is 3.89. The molecule has 13 heteroatoms. The third-order valence-corrected chi connectivity index (χ3v) is 11.0. The van der Waals surface area contributed by atoms with Gasteiger partial charge in [0.25, 0.3) is 11.1 Å². The molecule has 0 aliphatic rings. The Morgan fingerprint density at radius 1 is 0.553 bits per heavy atom. The molecule has 7 aromatic heterocycles. The molecule has 7 heterocycles. The summed E-state index contributed by atoms with van der Waals surface area (Å²) in [5, 5.41) is 0. The lowest BCUT2D eigenvalue weighted by molar-refractivity contribution is 0.399. The van der Waals surface area contributed by atoms with E-state index in [9.17, 15) is 9.59 Å². The summed E-state index contributed by atoms with van der Waals surface area (Å²) in [4.78, 5) is 39.4. The van der Waals surface area contributed by atoms with E-state index in [0.29, 0.717) is 33.9 Å². The van der Waals surface area contributed by atoms with Crippen LogP contribution >= 0.6 is 34.4 Å². The topological polar surface area (TPSA) is 114 Å². The molecule has 0 spiro atoms. The standard InChI is InChI=1S/C34H24N6O4S3/c1-39-23-7-13-29(43-3)35-21(23)15-19(33(39)41)27-11-9-25(45-27)17-5-6-18(32-31(17)37-47-38-32)26-10-12-28(46-26)20-16-22-24(40(2)34(20)42)8-14-30(36-22)44-4/h5-16H,1-4H3. The van der Waals surface area contributed by atoms with Crippen molar-refractivity contribution in [1.82, 2.24) is 27.8 Å². The molecule has 0 N–H and O–H groups in total. The van der Waals surface area contributed by atoms with Crippen LogP contribution in [-0.4, -0.2) is 42.1 Å². The number of rotatable bonds is 6. The summed E-state index contributed by atoms with van der Waals surface area (Å²) in [6, 6.07) is 22.9. The van der Waals surface area contributed by atoms with E-state index >= 15 is 0 Å². The molecule has 47 heavy (non-hydrogen) atoms. The molecule has 0 amide bonds. The number of hydrogen-bond acceptors (Lipinski definition) is 11. The minimum atomic E-state index is -0.0988. The van der Waals surface area contributed by atoms with Gasteiger partial charge in [-0.2, -0.15) is 8.75 Å². The van der Waals surface area contributed by atoms with Gasteiger partial charge in [0.2, 0.25) is 11.8 Å². The first kappa shape index (κ1) is 29.2. The van der Waals surface area contributed by atoms with Crippen LogP contribution < -0.4 is 20.6 Å². The van der Waals surface area contributed by atoms with Gasteiger partial charge in [0.15, 0.2) is 0 Å². The van der Waals surface area contributed by atoms with E-state index in [1.54, 1.807) is 49.6 Å². The smallest absolute Gasteiger partial charge is 0.259 e. The van der Waals surface area contributed by atoms with E-state index < -0.39 is 0 Å². The van der Waals surface area contributed by atoms with Crippen LogP contribution in [0.4, 0.5) is 0 Å². The van der Waals surface area contributed by atoms with E-state index in [1.165, 1.54) is 22.7 Å². The van der Waals surface area contributed by atoms with Crippen molar-refractivity contribution in [1.29, 1.82) is 0 Å². The molecule has 0 saturated heterocycles. The van der Waals surface area contributed by atoms with Crippen molar-refractivity contribution in [3.63, 3.8) is 0 Å². The molecule has 8 aromatic rings. The largest absolute Gasteiger partial charge is 0.481 e. The van der Waals surface area contributed by atoms with Crippen LogP contribution in [0.15, 0.2) is 82.4 Å². The first-order chi connectivity index (χ1) is 22.8. The monoisotopic (exact) mass is 676 g/mol. The van der Waals surface area contributed by atoms with Crippen molar-refractivity contribution in [2.75, 3.05) is 14.2 Å². The maximum Gasteiger partial charge on any atom is 0.259 e. The summed E-state index contributed by atoms with van der Waals surface area (Å²) in [6.45, 7) is 0. The molecule has 0 radical (unpaired) electrons. The molecule has 0 aliphatic heterocycles. The van der Waals surface area contributed by atoms with Crippen LogP contribution in [0.1, 0.15) is 0 Å². The molecule has 0 bridgehead atoms. The zero-order valence-corrected chi connectivity index (χ0v) is 27.9. The molecule has 8 rings (SSSR count). The van der Waals surface area contributed by atoms with Gasteiger partial charge in [0.1, 0.15) is 11.0 Å². The van der Waals surface area contributed by atoms with Crippen LogP contribution in [0, 0.1) is 0 Å². The summed E-state index contributed by atoms with van der Waals surface area (Å²) >= 11 is 4.20. The Morgan fingerprint density at radius 3 is 1.36 bits per heavy atom. The van der Waals surface area contributed by atoms with Gasteiger partial charge in [-0.3, -0.25) is 9.59 Å². The molecule has 1 aromatic carbocycles. The molecule has 10 nitrogen and oxygen atoms in total. The van der Waals surface area contributed by atoms with Crippen LogP contribution in [0.3, 0.4) is 0 Å². The molecule has 0 fully saturated rings. The van der Waals surface area contributed by atoms with E-state index in [2.05, 4.69) is 18.7 Å². The second kappa shape index (κ2) is 11.2. The van der Waals surface area contributed by atoms with E-state index in [1.807, 2.05) is 60.7 Å². The first-order valence-corrected chi connectivity index (χ1v) is 16.8. The molecule has 0 atom stereocenters. The number of methoxy groups -OCH3 is 2. The Bertz CT molecular complexity index is 2470. The number of hydrogen-bond donors (Lipinski definition) is 0. The number of fused-ring (bicyclic) bond motifs is 3. The maximum absolute atomic E-state index is 13.4. The van der Waals surface area contributed by atoms with Crippen molar-refractivity contribution < 1.29 is 9.47 Å². The van der Waals surface area contributed by atoms with Crippen molar-refractivity contribution in [3.8, 4) is 53.5 Å². The highest BCUT2D eigenvalue weighted by Crippen LogP contribution is 2.42. The summed E-state index contributed by atoms with van der Waals surface area (Å²) in [6.07, 6.45) is 0. The second-order valence-corrected chi connectivity index (χ2v) is 13.5. The van der Waals surface area contributed by atoms with Gasteiger partial charge in [-0.25, -0.2) is 9.97 Å². The number of benzene rings is 1. The van der Waals surface area contributed by atoms with Gasteiger partial charge >= 0.3 is 0 Å². The lowest BCUT2D eigenvalue weighted by Crippen LogP contribution is -2.18. The summed E-state index contributed by atoms with van der Waals surface area (Å²) < 4.78 is 23.2. The van der Waals surface area contributed by atoms with Gasteiger partial charge in [-0.15, -0.1) is 22.7 Å². The summed E-state index contributed by atoms with van der Waals surface area (Å²) in [5.74, 6) is 0.977. The quantitative estimate of drug-likeness (QED) is 0.185. The SMILES string of the molecule is COc1ccc2c(cc(-c3ccc(-c4ccc(-c5ccc(-c6cc7nc(OC)ccc7n(C)c6=O)s5)c5nsnc45)s3)c(=O)n2C)n1. The highest BCUT2D eigenvalue weighted by atomic mass is 32.1. The van der Waals surface area contributed by atoms with Gasteiger partial charge in [-0.1, -0.05) is 12.1 Å². The maximum atomic E-state index is 13.4. The highest BCUT2D eigenvalue weighted by molar-refractivity contribution is 7.19. The second-order valence-electron chi connectivity index (χ2n) is 10.8. The number of aromatic nitrogens is 6. The number of pyridine rings is 4. The van der Waals surface area contributed by atoms with Crippen molar-refractivity contribution in [3.05, 3.63) is 93.5 Å². The van der Waals surface area contributed by atoms with Crippen LogP contribution in [0.25, 0.3) is 74.9 Å². The van der Waals surface area contributed by atoms with E-state index in [-0.39, 0.29) is 11.1 Å². The Hall–Kier alpha value is -5.24. The minimum Gasteiger partial charge on any atom is -0.481 e. The number of aryl methyl sites for hydroxylation is 2. The van der Waals surface area contributed by atoms with Crippen LogP contribution in [-0.2, 0) is 14.1 Å². The fraction of sp³-hybridized carbons (Fsp3) is 0.118. The lowest BCUT2D eigenvalue weighted by atomic mass is 10.1. The summed E-state index contributed by atoms with van der Waals surface area (Å²) in [7, 11) is 6.65. The zero-order valence-electron chi connectivity index (χ0n) is 25.5. The Morgan fingerprint density at radius 2 is 0.957 bits per heavy atom. The van der Waals surface area contributed by atoms with Gasteiger partial charge in [0.05, 0.1) is 59.1 Å². The lowest BCUT2D eigenvalue weighted by Gasteiger charge is -2.08. The number of ether oxygens (including phenoxy) is 2. The number of nitrogens with zero attached hydrogens (tertiary/aromatic N) is 6. The van der Waals surface area contributed by atoms with Crippen LogP contribution in [0.5, 0.6) is 11.8 Å². The molecular formula is C34H24N6O4S3. The van der Waals surface area contributed by atoms with Crippen molar-refractivity contribution in [2.24, 2.45) is 14.1 Å². The fourth-order valence-electron chi connectivity index (χ4n) is 5.75. The normalized spacial score (nSPS) is 11.6. The van der Waals surface area contributed by atoms with Gasteiger partial charge in [0, 0.05) is 56.9 Å². The van der Waals surface area contributed by atoms with Crippen molar-refractivity contribution >= 4 is 67.5 Å². The molecule has 0 saturated carbocycles. The minimum absolute atomic E-state index is 0.0988. The molecular weight excluding hydrogens is 653 g/mol. The Labute approximate surface area is 279 Å². The molecule has 232 valence electrons. The average molecular weight is 677 g/mol. The van der Waals surface area contributed by atoms with Gasteiger partial charge in [-0.05, 0) is 48.5 Å². The third kappa shape index (κ3) is 4.73. The predicted molar refractivity (Wildman–Crippen MR) is 189 cm³/mol. The molecule has 0 unspecified atom stereocenters. The fourth-order valence-corrected chi connectivity index (χ4v) is 8.41.